The van der Waals surface area contributed by atoms with Crippen LogP contribution in [-0.4, -0.2) is 29.1 Å². The van der Waals surface area contributed by atoms with Crippen LogP contribution in [0.4, 0.5) is 0 Å². The van der Waals surface area contributed by atoms with Crippen molar-refractivity contribution in [3.05, 3.63) is 83.0 Å². The number of rotatable bonds is 7. The summed E-state index contributed by atoms with van der Waals surface area (Å²) in [6.07, 6.45) is 4.36. The van der Waals surface area contributed by atoms with Crippen LogP contribution in [0.25, 0.3) is 22.4 Å². The number of methoxy groups -OCH3 is 1. The first-order valence-electron chi connectivity index (χ1n) is 9.63. The smallest absolute Gasteiger partial charge is 0.349 e. The SMILES string of the molecule is COc1cccc2cc(C(=O)NCCCn3ccnc3-c3ccccc3)c(=O)oc12. The molecule has 2 aromatic heterocycles. The maximum atomic E-state index is 12.5. The minimum atomic E-state index is -0.689. The van der Waals surface area contributed by atoms with Gasteiger partial charge in [-0.1, -0.05) is 42.5 Å². The van der Waals surface area contributed by atoms with Gasteiger partial charge in [0.2, 0.25) is 0 Å². The molecule has 0 saturated heterocycles. The molecule has 0 atom stereocenters. The van der Waals surface area contributed by atoms with Crippen LogP contribution in [0.1, 0.15) is 16.8 Å². The number of nitrogens with zero attached hydrogens (tertiary/aromatic N) is 2. The molecule has 4 aromatic rings. The van der Waals surface area contributed by atoms with Crippen LogP contribution >= 0.6 is 0 Å². The number of fused-ring (bicyclic) bond motifs is 1. The summed E-state index contributed by atoms with van der Waals surface area (Å²) >= 11 is 0. The third-order valence-corrected chi connectivity index (χ3v) is 4.80. The van der Waals surface area contributed by atoms with Crippen molar-refractivity contribution in [2.24, 2.45) is 0 Å². The molecule has 2 aromatic carbocycles. The molecule has 7 nitrogen and oxygen atoms in total. The number of ether oxygens (including phenoxy) is 1. The van der Waals surface area contributed by atoms with Gasteiger partial charge in [0.05, 0.1) is 7.11 Å². The largest absolute Gasteiger partial charge is 0.493 e. The van der Waals surface area contributed by atoms with Crippen molar-refractivity contribution < 1.29 is 13.9 Å². The Hall–Kier alpha value is -3.87. The lowest BCUT2D eigenvalue weighted by atomic mass is 10.1. The summed E-state index contributed by atoms with van der Waals surface area (Å²) in [5.41, 5.74) is 0.652. The van der Waals surface area contributed by atoms with Crippen LogP contribution in [0.15, 0.2) is 76.2 Å². The van der Waals surface area contributed by atoms with Gasteiger partial charge >= 0.3 is 5.63 Å². The zero-order chi connectivity index (χ0) is 20.9. The van der Waals surface area contributed by atoms with Crippen molar-refractivity contribution in [3.63, 3.8) is 0 Å². The van der Waals surface area contributed by atoms with Crippen molar-refractivity contribution in [2.75, 3.05) is 13.7 Å². The predicted molar refractivity (Wildman–Crippen MR) is 114 cm³/mol. The van der Waals surface area contributed by atoms with Crippen LogP contribution in [-0.2, 0) is 6.54 Å². The van der Waals surface area contributed by atoms with Crippen LogP contribution in [0, 0.1) is 0 Å². The highest BCUT2D eigenvalue weighted by Gasteiger charge is 2.15. The third-order valence-electron chi connectivity index (χ3n) is 4.80. The van der Waals surface area contributed by atoms with Crippen molar-refractivity contribution in [1.29, 1.82) is 0 Å². The Labute approximate surface area is 172 Å². The van der Waals surface area contributed by atoms with Gasteiger partial charge < -0.3 is 19.0 Å². The number of amides is 1. The van der Waals surface area contributed by atoms with Gasteiger partial charge in [-0.3, -0.25) is 4.79 Å². The van der Waals surface area contributed by atoms with E-state index in [0.717, 1.165) is 11.4 Å². The Kier molecular flexibility index (Phi) is 5.61. The molecular formula is C23H21N3O4. The lowest BCUT2D eigenvalue weighted by Crippen LogP contribution is -2.29. The maximum Gasteiger partial charge on any atom is 0.349 e. The van der Waals surface area contributed by atoms with E-state index in [2.05, 4.69) is 10.3 Å². The third kappa shape index (κ3) is 3.96. The van der Waals surface area contributed by atoms with E-state index in [1.54, 1.807) is 24.4 Å². The van der Waals surface area contributed by atoms with Crippen LogP contribution in [0.2, 0.25) is 0 Å². The van der Waals surface area contributed by atoms with Crippen molar-refractivity contribution in [1.82, 2.24) is 14.9 Å². The lowest BCUT2D eigenvalue weighted by Gasteiger charge is -2.09. The van der Waals surface area contributed by atoms with E-state index < -0.39 is 11.5 Å². The highest BCUT2D eigenvalue weighted by molar-refractivity contribution is 5.97. The van der Waals surface area contributed by atoms with Crippen molar-refractivity contribution in [3.8, 4) is 17.1 Å². The molecule has 0 unspecified atom stereocenters. The fourth-order valence-electron chi connectivity index (χ4n) is 3.32. The standard InChI is InChI=1S/C23H21N3O4/c1-29-19-10-5-9-17-15-18(23(28)30-20(17)19)22(27)25-11-6-13-26-14-12-24-21(26)16-7-3-2-4-8-16/h2-5,7-10,12,14-15H,6,11,13H2,1H3,(H,25,27). The molecule has 152 valence electrons. The highest BCUT2D eigenvalue weighted by Crippen LogP contribution is 2.24. The summed E-state index contributed by atoms with van der Waals surface area (Å²) in [5.74, 6) is 0.875. The molecule has 4 rings (SSSR count). The summed E-state index contributed by atoms with van der Waals surface area (Å²) in [7, 11) is 1.50. The molecule has 0 bridgehead atoms. The second-order valence-corrected chi connectivity index (χ2v) is 6.75. The van der Waals surface area contributed by atoms with Gasteiger partial charge in [0.25, 0.3) is 5.91 Å². The van der Waals surface area contributed by atoms with Crippen molar-refractivity contribution >= 4 is 16.9 Å². The van der Waals surface area contributed by atoms with E-state index in [1.807, 2.05) is 41.1 Å². The van der Waals surface area contributed by atoms with E-state index >= 15 is 0 Å². The second kappa shape index (κ2) is 8.65. The van der Waals surface area contributed by atoms with Crippen LogP contribution < -0.4 is 15.7 Å². The molecule has 0 fully saturated rings. The normalized spacial score (nSPS) is 10.8. The van der Waals surface area contributed by atoms with E-state index in [0.29, 0.717) is 36.2 Å². The summed E-state index contributed by atoms with van der Waals surface area (Å²) in [6, 6.07) is 16.7. The van der Waals surface area contributed by atoms with Gasteiger partial charge in [-0.25, -0.2) is 9.78 Å². The summed E-state index contributed by atoms with van der Waals surface area (Å²) in [4.78, 5) is 29.2. The summed E-state index contributed by atoms with van der Waals surface area (Å²) in [5, 5.41) is 3.42. The molecule has 0 radical (unpaired) electrons. The molecule has 0 saturated carbocycles. The number of aryl methyl sites for hydroxylation is 1. The Bertz CT molecular complexity index is 1230. The Balaban J connectivity index is 1.40. The van der Waals surface area contributed by atoms with Gasteiger partial charge in [-0.05, 0) is 18.6 Å². The number of carbonyl (C=O) groups excluding carboxylic acids is 1. The Morgan fingerprint density at radius 2 is 2.00 bits per heavy atom. The van der Waals surface area contributed by atoms with Crippen LogP contribution in [0.5, 0.6) is 5.75 Å². The molecule has 0 aliphatic rings. The van der Waals surface area contributed by atoms with Gasteiger partial charge in [0, 0.05) is 36.4 Å². The average molecular weight is 403 g/mol. The lowest BCUT2D eigenvalue weighted by molar-refractivity contribution is 0.0949. The average Bonchev–Trinajstić information content (AvgIpc) is 3.25. The quantitative estimate of drug-likeness (QED) is 0.377. The number of imidazole rings is 1. The topological polar surface area (TPSA) is 86.4 Å². The first kappa shape index (κ1) is 19.4. The summed E-state index contributed by atoms with van der Waals surface area (Å²) in [6.45, 7) is 1.11. The van der Waals surface area contributed by atoms with E-state index in [4.69, 9.17) is 9.15 Å². The molecule has 0 aliphatic heterocycles. The first-order chi connectivity index (χ1) is 14.7. The first-order valence-corrected chi connectivity index (χ1v) is 9.63. The van der Waals surface area contributed by atoms with Crippen LogP contribution in [0.3, 0.4) is 0 Å². The Morgan fingerprint density at radius 3 is 2.80 bits per heavy atom. The minimum Gasteiger partial charge on any atom is -0.493 e. The van der Waals surface area contributed by atoms with E-state index in [9.17, 15) is 9.59 Å². The number of para-hydroxylation sites is 1. The number of hydrogen-bond donors (Lipinski definition) is 1. The van der Waals surface area contributed by atoms with E-state index in [1.165, 1.54) is 13.2 Å². The monoisotopic (exact) mass is 403 g/mol. The number of aromatic nitrogens is 2. The molecule has 7 heteroatoms. The van der Waals surface area contributed by atoms with Gasteiger partial charge in [0.15, 0.2) is 11.3 Å². The number of nitrogens with one attached hydrogen (secondary N) is 1. The zero-order valence-electron chi connectivity index (χ0n) is 16.5. The molecule has 1 N–H and O–H groups in total. The zero-order valence-corrected chi connectivity index (χ0v) is 16.5. The fraction of sp³-hybridized carbons (Fsp3) is 0.174. The molecule has 30 heavy (non-hydrogen) atoms. The molecule has 2 heterocycles. The molecule has 0 spiro atoms. The fourth-order valence-corrected chi connectivity index (χ4v) is 3.32. The number of hydrogen-bond acceptors (Lipinski definition) is 5. The second-order valence-electron chi connectivity index (χ2n) is 6.75. The highest BCUT2D eigenvalue weighted by atomic mass is 16.5. The summed E-state index contributed by atoms with van der Waals surface area (Å²) < 4.78 is 12.6. The van der Waals surface area contributed by atoms with Gasteiger partial charge in [-0.15, -0.1) is 0 Å². The number of benzene rings is 2. The minimum absolute atomic E-state index is 0.0247. The van der Waals surface area contributed by atoms with Gasteiger partial charge in [0.1, 0.15) is 11.4 Å². The van der Waals surface area contributed by atoms with Crippen molar-refractivity contribution in [2.45, 2.75) is 13.0 Å². The predicted octanol–water partition coefficient (Wildman–Crippen LogP) is 3.49. The van der Waals surface area contributed by atoms with E-state index in [-0.39, 0.29) is 5.56 Å². The molecular weight excluding hydrogens is 382 g/mol. The molecule has 0 aliphatic carbocycles. The number of carbonyl (C=O) groups is 1. The maximum absolute atomic E-state index is 12.5. The Morgan fingerprint density at radius 1 is 1.17 bits per heavy atom. The van der Waals surface area contributed by atoms with Gasteiger partial charge in [-0.2, -0.15) is 0 Å². The molecule has 1 amide bonds.